The molecule has 1 aromatic carbocycles. The van der Waals surface area contributed by atoms with E-state index in [1.54, 1.807) is 31.2 Å². The maximum absolute atomic E-state index is 12.3. The first-order valence-corrected chi connectivity index (χ1v) is 8.93. The van der Waals surface area contributed by atoms with E-state index in [-0.39, 0.29) is 26.7 Å². The maximum atomic E-state index is 12.3. The van der Waals surface area contributed by atoms with Crippen molar-refractivity contribution in [1.29, 1.82) is 0 Å². The van der Waals surface area contributed by atoms with Crippen molar-refractivity contribution in [2.45, 2.75) is 24.5 Å². The fourth-order valence-electron chi connectivity index (χ4n) is 3.06. The Hall–Kier alpha value is -1.04. The van der Waals surface area contributed by atoms with E-state index in [1.165, 1.54) is 0 Å². The van der Waals surface area contributed by atoms with Gasteiger partial charge < -0.3 is 9.47 Å². The third-order valence-electron chi connectivity index (χ3n) is 4.17. The highest BCUT2D eigenvalue weighted by atomic mass is 35.5. The van der Waals surface area contributed by atoms with Gasteiger partial charge in [0.15, 0.2) is 11.7 Å². The van der Waals surface area contributed by atoms with Crippen molar-refractivity contribution in [2.24, 2.45) is 0 Å². The first-order valence-electron chi connectivity index (χ1n) is 7.41. The number of Topliss-reactive ketones (excluding diaryl/α,β-unsaturated/α-hetero) is 1. The van der Waals surface area contributed by atoms with Crippen LogP contribution < -0.4 is 0 Å². The van der Waals surface area contributed by atoms with Crippen LogP contribution in [-0.2, 0) is 19.1 Å². The Balaban J connectivity index is 2.15. The van der Waals surface area contributed by atoms with Gasteiger partial charge in [-0.1, -0.05) is 76.7 Å². The van der Waals surface area contributed by atoms with E-state index >= 15 is 0 Å². The quantitative estimate of drug-likeness (QED) is 0.677. The van der Waals surface area contributed by atoms with Gasteiger partial charge in [0.25, 0.3) is 0 Å². The van der Waals surface area contributed by atoms with Crippen molar-refractivity contribution >= 4 is 58.2 Å². The van der Waals surface area contributed by atoms with Crippen LogP contribution in [0.2, 0.25) is 0 Å². The Morgan fingerprint density at radius 2 is 1.68 bits per heavy atom. The molecule has 25 heavy (non-hydrogen) atoms. The second-order valence-electron chi connectivity index (χ2n) is 5.50. The molecule has 1 spiro atoms. The maximum Gasteiger partial charge on any atom is 0.336 e. The van der Waals surface area contributed by atoms with Gasteiger partial charge in [0.1, 0.15) is 10.1 Å². The van der Waals surface area contributed by atoms with Crippen LogP contribution in [0, 0.1) is 0 Å². The van der Waals surface area contributed by atoms with Crippen LogP contribution >= 0.6 is 46.4 Å². The lowest BCUT2D eigenvalue weighted by Crippen LogP contribution is -2.63. The SMILES string of the molecule is CCOC(=O)[C@H]1OC2(C(Cl)=C(Cl)C(=O)C(Cl)=C2Cl)[C@@H]1c1ccccc1. The van der Waals surface area contributed by atoms with Crippen molar-refractivity contribution in [3.63, 3.8) is 0 Å². The molecule has 0 radical (unpaired) electrons. The molecule has 2 aliphatic rings. The minimum absolute atomic E-state index is 0.0945. The lowest BCUT2D eigenvalue weighted by Gasteiger charge is -2.54. The van der Waals surface area contributed by atoms with Crippen molar-refractivity contribution in [3.05, 3.63) is 56.0 Å². The predicted molar refractivity (Wildman–Crippen MR) is 95.9 cm³/mol. The molecule has 1 aromatic rings. The molecular formula is C17H12Cl4O4. The summed E-state index contributed by atoms with van der Waals surface area (Å²) in [7, 11) is 0. The molecule has 1 heterocycles. The van der Waals surface area contributed by atoms with E-state index in [0.717, 1.165) is 5.56 Å². The molecule has 132 valence electrons. The van der Waals surface area contributed by atoms with Crippen LogP contribution in [0.5, 0.6) is 0 Å². The molecule has 1 aliphatic heterocycles. The summed E-state index contributed by atoms with van der Waals surface area (Å²) in [5, 5.41) is -0.746. The highest BCUT2D eigenvalue weighted by molar-refractivity contribution is 6.61. The number of carbonyl (C=O) groups excluding carboxylic acids is 2. The molecule has 0 amide bonds. The highest BCUT2D eigenvalue weighted by Gasteiger charge is 2.66. The van der Waals surface area contributed by atoms with E-state index in [1.807, 2.05) is 6.07 Å². The van der Waals surface area contributed by atoms with E-state index in [4.69, 9.17) is 55.9 Å². The summed E-state index contributed by atoms with van der Waals surface area (Å²) in [6.45, 7) is 1.89. The smallest absolute Gasteiger partial charge is 0.336 e. The van der Waals surface area contributed by atoms with Gasteiger partial charge >= 0.3 is 5.97 Å². The lowest BCUT2D eigenvalue weighted by molar-refractivity contribution is -0.207. The number of hydrogen-bond acceptors (Lipinski definition) is 4. The third-order valence-corrected chi connectivity index (χ3v) is 6.02. The van der Waals surface area contributed by atoms with Gasteiger partial charge in [-0.3, -0.25) is 4.79 Å². The Bertz CT molecular complexity index is 772. The molecule has 1 aliphatic carbocycles. The van der Waals surface area contributed by atoms with Crippen LogP contribution in [0.3, 0.4) is 0 Å². The first kappa shape index (κ1) is 18.7. The first-order chi connectivity index (χ1) is 11.9. The zero-order valence-electron chi connectivity index (χ0n) is 12.9. The number of halogens is 4. The molecule has 0 aromatic heterocycles. The fourth-order valence-corrected chi connectivity index (χ4v) is 4.31. The fraction of sp³-hybridized carbons (Fsp3) is 0.294. The summed E-state index contributed by atoms with van der Waals surface area (Å²) in [6, 6.07) is 9.03. The van der Waals surface area contributed by atoms with Crippen molar-refractivity contribution in [1.82, 2.24) is 0 Å². The number of benzene rings is 1. The van der Waals surface area contributed by atoms with Gasteiger partial charge in [0, 0.05) is 0 Å². The summed E-state index contributed by atoms with van der Waals surface area (Å²) in [5.74, 6) is -1.87. The topological polar surface area (TPSA) is 52.6 Å². The van der Waals surface area contributed by atoms with Crippen LogP contribution in [0.1, 0.15) is 18.4 Å². The van der Waals surface area contributed by atoms with Crippen LogP contribution in [0.15, 0.2) is 50.5 Å². The van der Waals surface area contributed by atoms with Crippen LogP contribution in [0.25, 0.3) is 0 Å². The second-order valence-corrected chi connectivity index (χ2v) is 7.01. The number of ketones is 1. The Morgan fingerprint density at radius 3 is 2.20 bits per heavy atom. The zero-order chi connectivity index (χ0) is 18.4. The van der Waals surface area contributed by atoms with Gasteiger partial charge in [-0.15, -0.1) is 0 Å². The van der Waals surface area contributed by atoms with Gasteiger partial charge in [-0.25, -0.2) is 4.79 Å². The molecular weight excluding hydrogens is 410 g/mol. The summed E-state index contributed by atoms with van der Waals surface area (Å²) < 4.78 is 10.8. The zero-order valence-corrected chi connectivity index (χ0v) is 15.9. The molecule has 2 atom stereocenters. The average molecular weight is 422 g/mol. The monoisotopic (exact) mass is 420 g/mol. The highest BCUT2D eigenvalue weighted by Crippen LogP contribution is 2.60. The minimum Gasteiger partial charge on any atom is -0.464 e. The molecule has 1 fully saturated rings. The summed E-state index contributed by atoms with van der Waals surface area (Å²) in [5.41, 5.74) is -0.754. The predicted octanol–water partition coefficient (Wildman–Crippen LogP) is 4.43. The molecule has 0 bridgehead atoms. The van der Waals surface area contributed by atoms with E-state index < -0.39 is 29.4 Å². The third kappa shape index (κ3) is 2.71. The molecule has 4 nitrogen and oxygen atoms in total. The largest absolute Gasteiger partial charge is 0.464 e. The van der Waals surface area contributed by atoms with Crippen molar-refractivity contribution < 1.29 is 19.1 Å². The van der Waals surface area contributed by atoms with E-state index in [0.29, 0.717) is 0 Å². The molecule has 0 N–H and O–H groups in total. The summed E-state index contributed by atoms with van der Waals surface area (Å²) in [4.78, 5) is 24.3. The number of hydrogen-bond donors (Lipinski definition) is 0. The lowest BCUT2D eigenvalue weighted by atomic mass is 9.70. The number of carbonyl (C=O) groups is 2. The molecule has 8 heteroatoms. The summed E-state index contributed by atoms with van der Waals surface area (Å²) in [6.07, 6.45) is -0.952. The van der Waals surface area contributed by atoms with Gasteiger partial charge in [-0.2, -0.15) is 0 Å². The molecule has 1 saturated heterocycles. The number of ether oxygens (including phenoxy) is 2. The van der Waals surface area contributed by atoms with Crippen molar-refractivity contribution in [3.8, 4) is 0 Å². The second kappa shape index (κ2) is 6.93. The summed E-state index contributed by atoms with van der Waals surface area (Å²) >= 11 is 24.8. The van der Waals surface area contributed by atoms with E-state index in [2.05, 4.69) is 0 Å². The number of allylic oxidation sites excluding steroid dienone is 2. The number of esters is 1. The Labute approximate surface area is 164 Å². The van der Waals surface area contributed by atoms with Crippen LogP contribution in [0.4, 0.5) is 0 Å². The molecule has 0 unspecified atom stereocenters. The normalized spacial score (nSPS) is 25.2. The van der Waals surface area contributed by atoms with Crippen molar-refractivity contribution in [2.75, 3.05) is 6.61 Å². The Morgan fingerprint density at radius 1 is 1.12 bits per heavy atom. The average Bonchev–Trinajstić information content (AvgIpc) is 2.59. The van der Waals surface area contributed by atoms with E-state index in [9.17, 15) is 9.59 Å². The number of rotatable bonds is 3. The minimum atomic E-state index is -1.48. The van der Waals surface area contributed by atoms with Gasteiger partial charge in [0.2, 0.25) is 5.78 Å². The van der Waals surface area contributed by atoms with Crippen LogP contribution in [-0.4, -0.2) is 30.1 Å². The van der Waals surface area contributed by atoms with Gasteiger partial charge in [-0.05, 0) is 12.5 Å². The molecule has 0 saturated carbocycles. The van der Waals surface area contributed by atoms with Gasteiger partial charge in [0.05, 0.1) is 22.6 Å². The molecule has 3 rings (SSSR count). The standard InChI is InChI=1S/C17H12Cl4O4/c1-2-24-16(23)13-9(8-6-4-3-5-7-8)17(25-13)14(20)10(18)12(22)11(19)15(17)21/h3-7,9,13H,2H2,1H3/t9-,13+/m1/s1. The Kier molecular flexibility index (Phi) is 5.20.